The fraction of sp³-hybridized carbons (Fsp3) is 0.304. The highest BCUT2D eigenvalue weighted by Gasteiger charge is 2.49. The molecule has 0 saturated carbocycles. The molecular formula is C23H25N3O5. The predicted octanol–water partition coefficient (Wildman–Crippen LogP) is 2.51. The van der Waals surface area contributed by atoms with E-state index in [2.05, 4.69) is 10.6 Å². The number of hydrogen-bond acceptors (Lipinski definition) is 5. The third kappa shape index (κ3) is 4.58. The molecule has 3 rings (SSSR count). The molecule has 4 amide bonds. The predicted molar refractivity (Wildman–Crippen MR) is 114 cm³/mol. The van der Waals surface area contributed by atoms with E-state index in [0.717, 1.165) is 22.4 Å². The van der Waals surface area contributed by atoms with Gasteiger partial charge in [0.05, 0.1) is 0 Å². The van der Waals surface area contributed by atoms with Gasteiger partial charge in [-0.2, -0.15) is 0 Å². The van der Waals surface area contributed by atoms with Gasteiger partial charge in [0.15, 0.2) is 6.61 Å². The minimum Gasteiger partial charge on any atom is -0.454 e. The van der Waals surface area contributed by atoms with E-state index in [-0.39, 0.29) is 0 Å². The van der Waals surface area contributed by atoms with Crippen LogP contribution in [-0.2, 0) is 31.1 Å². The first-order valence-electron chi connectivity index (χ1n) is 10.00. The third-order valence-electron chi connectivity index (χ3n) is 5.28. The Hall–Kier alpha value is -3.68. The maximum atomic E-state index is 12.8. The second-order valence-corrected chi connectivity index (χ2v) is 7.48. The van der Waals surface area contributed by atoms with Gasteiger partial charge in [-0.15, -0.1) is 0 Å². The largest absolute Gasteiger partial charge is 0.454 e. The van der Waals surface area contributed by atoms with Crippen molar-refractivity contribution < 1.29 is 23.9 Å². The molecule has 1 atom stereocenters. The molecule has 2 aromatic carbocycles. The smallest absolute Gasteiger partial charge is 0.326 e. The lowest BCUT2D eigenvalue weighted by Gasteiger charge is -2.21. The van der Waals surface area contributed by atoms with E-state index in [9.17, 15) is 19.2 Å². The number of rotatable bonds is 7. The molecule has 1 aliphatic rings. The molecule has 0 aliphatic carbocycles. The number of anilines is 1. The van der Waals surface area contributed by atoms with Gasteiger partial charge in [-0.3, -0.25) is 19.3 Å². The molecule has 0 aromatic heterocycles. The number of ether oxygens (including phenoxy) is 1. The Labute approximate surface area is 180 Å². The number of aryl methyl sites for hydroxylation is 2. The van der Waals surface area contributed by atoms with Crippen molar-refractivity contribution in [3.05, 3.63) is 65.2 Å². The number of benzene rings is 2. The summed E-state index contributed by atoms with van der Waals surface area (Å²) in [4.78, 5) is 50.4. The Kier molecular flexibility index (Phi) is 6.39. The molecule has 8 heteroatoms. The van der Waals surface area contributed by atoms with Gasteiger partial charge in [-0.25, -0.2) is 4.79 Å². The zero-order chi connectivity index (χ0) is 22.6. The average Bonchev–Trinajstić information content (AvgIpc) is 2.98. The van der Waals surface area contributed by atoms with Crippen LogP contribution in [0.5, 0.6) is 0 Å². The van der Waals surface area contributed by atoms with Gasteiger partial charge in [0.25, 0.3) is 11.8 Å². The first kappa shape index (κ1) is 22.0. The maximum Gasteiger partial charge on any atom is 0.326 e. The van der Waals surface area contributed by atoms with Crippen LogP contribution in [-0.4, -0.2) is 41.9 Å². The molecule has 0 bridgehead atoms. The van der Waals surface area contributed by atoms with E-state index in [4.69, 9.17) is 4.74 Å². The van der Waals surface area contributed by atoms with E-state index in [0.29, 0.717) is 11.3 Å². The maximum absolute atomic E-state index is 12.8. The van der Waals surface area contributed by atoms with Crippen LogP contribution >= 0.6 is 0 Å². The minimum atomic E-state index is -1.27. The van der Waals surface area contributed by atoms with Crippen LogP contribution in [0, 0.1) is 6.92 Å². The van der Waals surface area contributed by atoms with E-state index in [1.54, 1.807) is 37.3 Å². The zero-order valence-electron chi connectivity index (χ0n) is 17.7. The van der Waals surface area contributed by atoms with Crippen LogP contribution < -0.4 is 10.6 Å². The first-order chi connectivity index (χ1) is 14.8. The van der Waals surface area contributed by atoms with Gasteiger partial charge >= 0.3 is 12.0 Å². The van der Waals surface area contributed by atoms with Crippen molar-refractivity contribution in [1.29, 1.82) is 0 Å². The molecule has 8 nitrogen and oxygen atoms in total. The van der Waals surface area contributed by atoms with Gasteiger partial charge < -0.3 is 15.4 Å². The van der Waals surface area contributed by atoms with Gasteiger partial charge in [0.2, 0.25) is 0 Å². The molecule has 162 valence electrons. The van der Waals surface area contributed by atoms with Crippen molar-refractivity contribution in [2.45, 2.75) is 32.7 Å². The molecule has 0 unspecified atom stereocenters. The number of imide groups is 1. The number of carbonyl (C=O) groups is 4. The Morgan fingerprint density at radius 3 is 2.48 bits per heavy atom. The second kappa shape index (κ2) is 8.99. The molecule has 1 aliphatic heterocycles. The average molecular weight is 423 g/mol. The summed E-state index contributed by atoms with van der Waals surface area (Å²) in [6.45, 7) is 4.34. The van der Waals surface area contributed by atoms with E-state index < -0.39 is 42.5 Å². The topological polar surface area (TPSA) is 105 Å². The van der Waals surface area contributed by atoms with Gasteiger partial charge in [-0.1, -0.05) is 55.5 Å². The lowest BCUT2D eigenvalue weighted by molar-refractivity contribution is -0.150. The van der Waals surface area contributed by atoms with E-state index in [1.165, 1.54) is 0 Å². The Bertz CT molecular complexity index is 1020. The van der Waals surface area contributed by atoms with Gasteiger partial charge in [-0.05, 0) is 37.0 Å². The van der Waals surface area contributed by atoms with Crippen molar-refractivity contribution in [2.24, 2.45) is 0 Å². The van der Waals surface area contributed by atoms with Crippen LogP contribution in [0.25, 0.3) is 0 Å². The Balaban J connectivity index is 1.58. The monoisotopic (exact) mass is 423 g/mol. The lowest BCUT2D eigenvalue weighted by Crippen LogP contribution is -2.41. The van der Waals surface area contributed by atoms with Crippen molar-refractivity contribution >= 4 is 29.5 Å². The molecular weight excluding hydrogens is 398 g/mol. The van der Waals surface area contributed by atoms with E-state index in [1.807, 2.05) is 32.0 Å². The van der Waals surface area contributed by atoms with Crippen LogP contribution in [0.2, 0.25) is 0 Å². The quantitative estimate of drug-likeness (QED) is 0.526. The van der Waals surface area contributed by atoms with Crippen LogP contribution in [0.3, 0.4) is 0 Å². The minimum absolute atomic E-state index is 0.497. The number of esters is 1. The summed E-state index contributed by atoms with van der Waals surface area (Å²) in [6.07, 6.45) is 0.740. The Morgan fingerprint density at radius 1 is 1.10 bits per heavy atom. The van der Waals surface area contributed by atoms with Gasteiger partial charge in [0.1, 0.15) is 12.1 Å². The number of amides is 4. The number of carbonyl (C=O) groups excluding carboxylic acids is 4. The van der Waals surface area contributed by atoms with Crippen molar-refractivity contribution in [3.8, 4) is 0 Å². The number of nitrogens with one attached hydrogen (secondary N) is 2. The first-order valence-corrected chi connectivity index (χ1v) is 10.00. The van der Waals surface area contributed by atoms with Crippen molar-refractivity contribution in [2.75, 3.05) is 18.5 Å². The SMILES string of the molecule is CCc1cccc(C)c1NC(=O)COC(=O)CN1C(=O)N[C@@](C)(c2ccccc2)C1=O. The molecule has 0 radical (unpaired) electrons. The number of hydrogen-bond donors (Lipinski definition) is 2. The summed E-state index contributed by atoms with van der Waals surface area (Å²) < 4.78 is 5.00. The third-order valence-corrected chi connectivity index (χ3v) is 5.28. The normalized spacial score (nSPS) is 18.0. The summed E-state index contributed by atoms with van der Waals surface area (Å²) in [5.41, 5.74) is 1.90. The highest BCUT2D eigenvalue weighted by Crippen LogP contribution is 2.28. The fourth-order valence-electron chi connectivity index (χ4n) is 3.51. The molecule has 1 fully saturated rings. The summed E-state index contributed by atoms with van der Waals surface area (Å²) >= 11 is 0. The van der Waals surface area contributed by atoms with Crippen LogP contribution in [0.1, 0.15) is 30.5 Å². The number of nitrogens with zero attached hydrogens (tertiary/aromatic N) is 1. The highest BCUT2D eigenvalue weighted by molar-refractivity contribution is 6.09. The van der Waals surface area contributed by atoms with Crippen molar-refractivity contribution in [1.82, 2.24) is 10.2 Å². The summed E-state index contributed by atoms with van der Waals surface area (Å²) in [7, 11) is 0. The van der Waals surface area contributed by atoms with Crippen LogP contribution in [0.4, 0.5) is 10.5 Å². The molecule has 31 heavy (non-hydrogen) atoms. The number of para-hydroxylation sites is 1. The molecule has 0 spiro atoms. The fourth-order valence-corrected chi connectivity index (χ4v) is 3.51. The number of urea groups is 1. The summed E-state index contributed by atoms with van der Waals surface area (Å²) in [5, 5.41) is 5.37. The molecule has 2 aromatic rings. The lowest BCUT2D eigenvalue weighted by atomic mass is 9.92. The second-order valence-electron chi connectivity index (χ2n) is 7.48. The van der Waals surface area contributed by atoms with Crippen LogP contribution in [0.15, 0.2) is 48.5 Å². The zero-order valence-corrected chi connectivity index (χ0v) is 17.7. The summed E-state index contributed by atoms with van der Waals surface area (Å²) in [5.74, 6) is -1.90. The van der Waals surface area contributed by atoms with Crippen molar-refractivity contribution in [3.63, 3.8) is 0 Å². The molecule has 2 N–H and O–H groups in total. The highest BCUT2D eigenvalue weighted by atomic mass is 16.5. The molecule has 1 heterocycles. The Morgan fingerprint density at radius 2 is 1.81 bits per heavy atom. The standard InChI is InChI=1S/C23H25N3O5/c1-4-16-10-8-9-15(2)20(16)24-18(27)14-31-19(28)13-26-21(29)23(3,25-22(26)30)17-11-6-5-7-12-17/h5-12H,4,13-14H2,1-3H3,(H,24,27)(H,25,30)/t23-/m0/s1. The summed E-state index contributed by atoms with van der Waals surface area (Å²) in [6, 6.07) is 13.8. The molecule has 1 saturated heterocycles. The van der Waals surface area contributed by atoms with Gasteiger partial charge in [0, 0.05) is 5.69 Å². The van der Waals surface area contributed by atoms with E-state index >= 15 is 0 Å².